The number of rotatable bonds is 4. The van der Waals surface area contributed by atoms with Crippen molar-refractivity contribution >= 4 is 85.0 Å². The Balaban J connectivity index is 1.11. The first-order valence-corrected chi connectivity index (χ1v) is 17.7. The van der Waals surface area contributed by atoms with Crippen LogP contribution in [-0.2, 0) is 6.42 Å². The van der Waals surface area contributed by atoms with Gasteiger partial charge in [0.2, 0.25) is 0 Å². The number of aryl methyl sites for hydroxylation is 1. The Morgan fingerprint density at radius 2 is 1.17 bits per heavy atom. The monoisotopic (exact) mass is 636 g/mol. The van der Waals surface area contributed by atoms with Gasteiger partial charge >= 0.3 is 0 Å². The van der Waals surface area contributed by atoms with Crippen LogP contribution in [0, 0.1) is 6.92 Å². The maximum Gasteiger partial charge on any atom is 0.136 e. The molecule has 0 saturated heterocycles. The second kappa shape index (κ2) is 10.4. The normalized spacial score (nSPS) is 12.0. The van der Waals surface area contributed by atoms with Gasteiger partial charge in [0.15, 0.2) is 0 Å². The molecule has 7 aromatic carbocycles. The van der Waals surface area contributed by atoms with Crippen LogP contribution in [-0.4, -0.2) is 0 Å². The molecular weight excluding hydrogens is 609 g/mol. The lowest BCUT2D eigenvalue weighted by Gasteiger charge is -2.14. The highest BCUT2D eigenvalue weighted by atomic mass is 32.1. The molecule has 10 aromatic rings. The molecule has 0 aliphatic carbocycles. The number of hydrogen-bond acceptors (Lipinski definition) is 3. The molecule has 47 heavy (non-hydrogen) atoms. The fraction of sp³-hybridized carbons (Fsp3) is 0.0455. The summed E-state index contributed by atoms with van der Waals surface area (Å²) in [6.07, 6.45) is 0.833. The summed E-state index contributed by atoms with van der Waals surface area (Å²) in [6, 6.07) is 51.0. The zero-order chi connectivity index (χ0) is 31.1. The summed E-state index contributed by atoms with van der Waals surface area (Å²) in [7, 11) is 0. The largest absolute Gasteiger partial charge is 0.456 e. The first kappa shape index (κ1) is 26.9. The van der Waals surface area contributed by atoms with Crippen LogP contribution >= 0.6 is 22.7 Å². The molecule has 0 aliphatic rings. The highest BCUT2D eigenvalue weighted by Gasteiger charge is 2.18. The Morgan fingerprint density at radius 3 is 2.04 bits per heavy atom. The highest BCUT2D eigenvalue weighted by Crippen LogP contribution is 2.43. The van der Waals surface area contributed by atoms with Crippen LogP contribution in [0.4, 0.5) is 0 Å². The molecule has 3 heterocycles. The maximum atomic E-state index is 6.65. The molecule has 222 valence electrons. The molecule has 0 atom stereocenters. The number of hydrogen-bond donors (Lipinski definition) is 0. The summed E-state index contributed by atoms with van der Waals surface area (Å²) in [6.45, 7) is 2.21. The average molecular weight is 637 g/mol. The minimum absolute atomic E-state index is 0.833. The van der Waals surface area contributed by atoms with Crippen molar-refractivity contribution in [2.75, 3.05) is 0 Å². The van der Waals surface area contributed by atoms with Gasteiger partial charge in [-0.3, -0.25) is 0 Å². The third-order valence-electron chi connectivity index (χ3n) is 9.72. The van der Waals surface area contributed by atoms with Gasteiger partial charge in [-0.1, -0.05) is 103 Å². The van der Waals surface area contributed by atoms with E-state index in [4.69, 9.17) is 4.42 Å². The van der Waals surface area contributed by atoms with E-state index in [1.54, 1.807) is 0 Å². The molecule has 0 unspecified atom stereocenters. The summed E-state index contributed by atoms with van der Waals surface area (Å²) in [5.41, 5.74) is 10.8. The van der Waals surface area contributed by atoms with Crippen molar-refractivity contribution in [3.05, 3.63) is 156 Å². The number of thiophene rings is 2. The Morgan fingerprint density at radius 1 is 0.489 bits per heavy atom. The van der Waals surface area contributed by atoms with E-state index in [2.05, 4.69) is 146 Å². The van der Waals surface area contributed by atoms with Crippen LogP contribution in [0.15, 0.2) is 144 Å². The van der Waals surface area contributed by atoms with Crippen molar-refractivity contribution in [2.45, 2.75) is 13.3 Å². The third-order valence-corrected chi connectivity index (χ3v) is 12.1. The Kier molecular flexibility index (Phi) is 5.96. The molecule has 0 fully saturated rings. The number of furan rings is 1. The minimum atomic E-state index is 0.833. The lowest BCUT2D eigenvalue weighted by molar-refractivity contribution is 0.668. The van der Waals surface area contributed by atoms with Crippen molar-refractivity contribution in [1.29, 1.82) is 0 Å². The lowest BCUT2D eigenvalue weighted by atomic mass is 9.91. The minimum Gasteiger partial charge on any atom is -0.456 e. The summed E-state index contributed by atoms with van der Waals surface area (Å²) >= 11 is 3.77. The van der Waals surface area contributed by atoms with E-state index in [-0.39, 0.29) is 0 Å². The molecule has 0 bridgehead atoms. The molecule has 0 aliphatic heterocycles. The van der Waals surface area contributed by atoms with Crippen LogP contribution < -0.4 is 0 Å². The van der Waals surface area contributed by atoms with Crippen molar-refractivity contribution in [1.82, 2.24) is 0 Å². The number of fused-ring (bicyclic) bond motifs is 9. The number of benzene rings is 7. The van der Waals surface area contributed by atoms with E-state index in [1.165, 1.54) is 79.3 Å². The van der Waals surface area contributed by atoms with Gasteiger partial charge in [-0.2, -0.15) is 0 Å². The summed E-state index contributed by atoms with van der Waals surface area (Å²) in [5, 5.41) is 7.63. The van der Waals surface area contributed by atoms with Gasteiger partial charge in [-0.25, -0.2) is 0 Å². The van der Waals surface area contributed by atoms with E-state index in [9.17, 15) is 0 Å². The fourth-order valence-corrected chi connectivity index (χ4v) is 9.85. The van der Waals surface area contributed by atoms with E-state index in [0.29, 0.717) is 0 Å². The van der Waals surface area contributed by atoms with Crippen LogP contribution in [0.3, 0.4) is 0 Å². The van der Waals surface area contributed by atoms with Crippen LogP contribution in [0.25, 0.3) is 84.5 Å². The van der Waals surface area contributed by atoms with Gasteiger partial charge < -0.3 is 4.42 Å². The van der Waals surface area contributed by atoms with Gasteiger partial charge in [0.1, 0.15) is 11.2 Å². The topological polar surface area (TPSA) is 13.1 Å². The third kappa shape index (κ3) is 4.20. The molecule has 3 heteroatoms. The summed E-state index contributed by atoms with van der Waals surface area (Å²) in [4.78, 5) is 0. The van der Waals surface area contributed by atoms with Gasteiger partial charge in [-0.15, -0.1) is 22.7 Å². The first-order valence-electron chi connectivity index (χ1n) is 16.0. The van der Waals surface area contributed by atoms with Crippen molar-refractivity contribution in [3.8, 4) is 22.3 Å². The predicted molar refractivity (Wildman–Crippen MR) is 204 cm³/mol. The van der Waals surface area contributed by atoms with Crippen molar-refractivity contribution in [3.63, 3.8) is 0 Å². The molecule has 0 spiro atoms. The Labute approximate surface area is 279 Å². The second-order valence-corrected chi connectivity index (χ2v) is 14.6. The van der Waals surface area contributed by atoms with E-state index in [1.807, 2.05) is 22.7 Å². The zero-order valence-corrected chi connectivity index (χ0v) is 27.3. The van der Waals surface area contributed by atoms with Gasteiger partial charge in [-0.05, 0) is 88.7 Å². The average Bonchev–Trinajstić information content (AvgIpc) is 3.79. The molecular formula is C44H28OS2. The Hall–Kier alpha value is -5.22. The molecule has 3 aromatic heterocycles. The Bertz CT molecular complexity index is 2840. The van der Waals surface area contributed by atoms with E-state index in [0.717, 1.165) is 28.4 Å². The van der Waals surface area contributed by atoms with Crippen LogP contribution in [0.1, 0.15) is 16.7 Å². The predicted octanol–water partition coefficient (Wildman–Crippen LogP) is 13.6. The standard InChI is InChI=1S/C44H28OS2/c1-26-9-2-3-10-29(26)31-21-22-35-34-11-4-6-14-40(34)47-44(35)37(31)23-27-17-19-32-33-20-18-28(25-39(33)45-38(32)24-27)30-13-8-16-42-43(30)36-12-5-7-15-41(36)46-42/h2-22,24-25H,23H2,1H3. The fourth-order valence-electron chi connectivity index (χ4n) is 7.47. The second-order valence-electron chi connectivity index (χ2n) is 12.5. The molecule has 0 saturated carbocycles. The smallest absolute Gasteiger partial charge is 0.136 e. The first-order chi connectivity index (χ1) is 23.2. The van der Waals surface area contributed by atoms with Gasteiger partial charge in [0.25, 0.3) is 0 Å². The molecule has 0 amide bonds. The summed E-state index contributed by atoms with van der Waals surface area (Å²) < 4.78 is 12.0. The van der Waals surface area contributed by atoms with Crippen molar-refractivity contribution in [2.24, 2.45) is 0 Å². The molecule has 10 rings (SSSR count). The quantitative estimate of drug-likeness (QED) is 0.187. The SMILES string of the molecule is Cc1ccccc1-c1ccc2c(sc3ccccc32)c1Cc1ccc2c(c1)oc1cc(-c3cccc4sc5ccccc5c34)ccc12. The molecule has 1 nitrogen and oxygen atoms in total. The van der Waals surface area contributed by atoms with Crippen molar-refractivity contribution < 1.29 is 4.42 Å². The van der Waals surface area contributed by atoms with E-state index < -0.39 is 0 Å². The highest BCUT2D eigenvalue weighted by molar-refractivity contribution is 7.26. The van der Waals surface area contributed by atoms with E-state index >= 15 is 0 Å². The lowest BCUT2D eigenvalue weighted by Crippen LogP contribution is -1.94. The van der Waals surface area contributed by atoms with Crippen LogP contribution in [0.2, 0.25) is 0 Å². The maximum absolute atomic E-state index is 6.65. The van der Waals surface area contributed by atoms with Gasteiger partial charge in [0.05, 0.1) is 0 Å². The van der Waals surface area contributed by atoms with Gasteiger partial charge in [0, 0.05) is 51.1 Å². The summed E-state index contributed by atoms with van der Waals surface area (Å²) in [5.74, 6) is 0. The molecule has 0 radical (unpaired) electrons. The molecule has 0 N–H and O–H groups in total. The zero-order valence-electron chi connectivity index (χ0n) is 25.7. The van der Waals surface area contributed by atoms with Crippen LogP contribution in [0.5, 0.6) is 0 Å².